The second-order valence-electron chi connectivity index (χ2n) is 8.32. The Labute approximate surface area is 186 Å². The van der Waals surface area contributed by atoms with Gasteiger partial charge in [-0.3, -0.25) is 24.7 Å². The normalized spacial score (nSPS) is 14.5. The molecule has 3 aromatic rings. The average molecular weight is 437 g/mol. The number of benzene rings is 2. The van der Waals surface area contributed by atoms with Gasteiger partial charge in [-0.25, -0.2) is 0 Å². The maximum Gasteiger partial charge on any atom is 0.292 e. The molecule has 0 radical (unpaired) electrons. The highest BCUT2D eigenvalue weighted by molar-refractivity contribution is 5.66. The molecule has 0 saturated carbocycles. The van der Waals surface area contributed by atoms with Gasteiger partial charge >= 0.3 is 0 Å². The van der Waals surface area contributed by atoms with Crippen LogP contribution in [0.4, 0.5) is 11.4 Å². The molecule has 8 nitrogen and oxygen atoms in total. The Kier molecular flexibility index (Phi) is 6.30. The maximum atomic E-state index is 11.7. The van der Waals surface area contributed by atoms with E-state index in [0.29, 0.717) is 23.1 Å². The number of anilines is 1. The number of nitro benzene ring substituents is 1. The summed E-state index contributed by atoms with van der Waals surface area (Å²) in [6.07, 6.45) is 4.50. The predicted molar refractivity (Wildman–Crippen MR) is 124 cm³/mol. The van der Waals surface area contributed by atoms with E-state index in [4.69, 9.17) is 4.74 Å². The van der Waals surface area contributed by atoms with Crippen LogP contribution in [0, 0.1) is 16.0 Å². The smallest absolute Gasteiger partial charge is 0.292 e. The number of aromatic nitrogens is 2. The van der Waals surface area contributed by atoms with Crippen LogP contribution < -0.4 is 15.2 Å². The monoisotopic (exact) mass is 436 g/mol. The van der Waals surface area contributed by atoms with Gasteiger partial charge in [-0.2, -0.15) is 0 Å². The minimum atomic E-state index is -0.327. The summed E-state index contributed by atoms with van der Waals surface area (Å²) in [4.78, 5) is 25.1. The number of ether oxygens (including phenoxy) is 1. The third kappa shape index (κ3) is 4.69. The van der Waals surface area contributed by atoms with Gasteiger partial charge in [0, 0.05) is 38.3 Å². The van der Waals surface area contributed by atoms with Gasteiger partial charge in [0.2, 0.25) is 0 Å². The first-order valence-corrected chi connectivity index (χ1v) is 11.0. The lowest BCUT2D eigenvalue weighted by molar-refractivity contribution is -0.384. The van der Waals surface area contributed by atoms with Gasteiger partial charge in [0.15, 0.2) is 0 Å². The van der Waals surface area contributed by atoms with E-state index in [2.05, 4.69) is 16.9 Å². The summed E-state index contributed by atoms with van der Waals surface area (Å²) in [5.74, 6) is 1.88. The number of nitrogens with one attached hydrogen (secondary N) is 1. The van der Waals surface area contributed by atoms with Crippen molar-refractivity contribution >= 4 is 11.4 Å². The zero-order valence-corrected chi connectivity index (χ0v) is 18.4. The summed E-state index contributed by atoms with van der Waals surface area (Å²) in [5, 5.41) is 14.6. The number of piperidine rings is 1. The number of hydrogen-bond acceptors (Lipinski definition) is 5. The van der Waals surface area contributed by atoms with Crippen molar-refractivity contribution in [2.45, 2.75) is 32.6 Å². The van der Waals surface area contributed by atoms with Gasteiger partial charge in [-0.05, 0) is 54.7 Å². The molecule has 1 aromatic heterocycles. The Hall–Kier alpha value is -3.55. The highest BCUT2D eigenvalue weighted by Gasteiger charge is 2.25. The minimum Gasteiger partial charge on any atom is -0.457 e. The first-order valence-electron chi connectivity index (χ1n) is 11.0. The molecule has 4 rings (SSSR count). The lowest BCUT2D eigenvalue weighted by Gasteiger charge is -2.33. The Morgan fingerprint density at radius 3 is 2.38 bits per heavy atom. The topological polar surface area (TPSA) is 93.4 Å². The van der Waals surface area contributed by atoms with E-state index in [1.165, 1.54) is 23.6 Å². The van der Waals surface area contributed by atoms with Gasteiger partial charge in [-0.15, -0.1) is 0 Å². The lowest BCUT2D eigenvalue weighted by atomic mass is 9.92. The summed E-state index contributed by atoms with van der Waals surface area (Å²) in [6.45, 7) is 3.83. The Morgan fingerprint density at radius 2 is 1.78 bits per heavy atom. The molecule has 168 valence electrons. The van der Waals surface area contributed by atoms with Crippen molar-refractivity contribution in [1.82, 2.24) is 9.78 Å². The summed E-state index contributed by atoms with van der Waals surface area (Å²) in [6, 6.07) is 13.8. The second kappa shape index (κ2) is 9.30. The Bertz CT molecular complexity index is 1140. The molecule has 2 heterocycles. The first-order chi connectivity index (χ1) is 15.4. The van der Waals surface area contributed by atoms with Crippen molar-refractivity contribution in [2.75, 3.05) is 18.0 Å². The van der Waals surface area contributed by atoms with E-state index >= 15 is 0 Å². The molecular weight excluding hydrogens is 408 g/mol. The number of aromatic amines is 1. The minimum absolute atomic E-state index is 0.0996. The van der Waals surface area contributed by atoms with Crippen molar-refractivity contribution in [3.05, 3.63) is 69.0 Å². The SMILES string of the molecule is CCCC1CCN(c2cc(Oc3ccc(-c4cc(=O)n(C)[nH]4)cc3)ccc2[N+](=O)[O-])CC1. The van der Waals surface area contributed by atoms with Crippen LogP contribution in [0.5, 0.6) is 11.5 Å². The van der Waals surface area contributed by atoms with E-state index < -0.39 is 0 Å². The van der Waals surface area contributed by atoms with Crippen LogP contribution >= 0.6 is 0 Å². The molecule has 1 aliphatic heterocycles. The summed E-state index contributed by atoms with van der Waals surface area (Å²) >= 11 is 0. The third-order valence-corrected chi connectivity index (χ3v) is 6.08. The van der Waals surface area contributed by atoms with Crippen molar-refractivity contribution in [2.24, 2.45) is 13.0 Å². The molecule has 2 aromatic carbocycles. The molecule has 0 bridgehead atoms. The van der Waals surface area contributed by atoms with Gasteiger partial charge < -0.3 is 9.64 Å². The summed E-state index contributed by atoms with van der Waals surface area (Å²) in [5.41, 5.74) is 2.22. The molecule has 1 fully saturated rings. The summed E-state index contributed by atoms with van der Waals surface area (Å²) in [7, 11) is 1.67. The molecule has 0 aliphatic carbocycles. The van der Waals surface area contributed by atoms with Gasteiger partial charge in [0.05, 0.1) is 10.6 Å². The van der Waals surface area contributed by atoms with E-state index in [1.807, 2.05) is 24.3 Å². The van der Waals surface area contributed by atoms with Gasteiger partial charge in [0.1, 0.15) is 17.2 Å². The molecule has 0 spiro atoms. The number of H-pyrrole nitrogens is 1. The van der Waals surface area contributed by atoms with E-state index in [-0.39, 0.29) is 16.2 Å². The number of hydrogen-bond donors (Lipinski definition) is 1. The molecule has 32 heavy (non-hydrogen) atoms. The van der Waals surface area contributed by atoms with Crippen LogP contribution in [0.2, 0.25) is 0 Å². The second-order valence-corrected chi connectivity index (χ2v) is 8.32. The van der Waals surface area contributed by atoms with Crippen LogP contribution in [0.25, 0.3) is 11.3 Å². The molecular formula is C24H28N4O4. The lowest BCUT2D eigenvalue weighted by Crippen LogP contribution is -2.34. The van der Waals surface area contributed by atoms with Gasteiger partial charge in [0.25, 0.3) is 11.2 Å². The fourth-order valence-electron chi connectivity index (χ4n) is 4.32. The first kappa shape index (κ1) is 21.7. The fraction of sp³-hybridized carbons (Fsp3) is 0.375. The van der Waals surface area contributed by atoms with Crippen molar-refractivity contribution in [3.8, 4) is 22.8 Å². The van der Waals surface area contributed by atoms with Crippen LogP contribution in [0.3, 0.4) is 0 Å². The van der Waals surface area contributed by atoms with E-state index in [9.17, 15) is 14.9 Å². The van der Waals surface area contributed by atoms with Crippen LogP contribution in [-0.4, -0.2) is 27.8 Å². The number of aryl methyl sites for hydroxylation is 1. The molecule has 8 heteroatoms. The largest absolute Gasteiger partial charge is 0.457 e. The molecule has 0 unspecified atom stereocenters. The molecule has 1 saturated heterocycles. The van der Waals surface area contributed by atoms with Crippen LogP contribution in [0.1, 0.15) is 32.6 Å². The van der Waals surface area contributed by atoms with E-state index in [0.717, 1.165) is 37.2 Å². The van der Waals surface area contributed by atoms with E-state index in [1.54, 1.807) is 25.2 Å². The van der Waals surface area contributed by atoms with Gasteiger partial charge in [-0.1, -0.05) is 19.8 Å². The fourth-order valence-corrected chi connectivity index (χ4v) is 4.32. The zero-order valence-electron chi connectivity index (χ0n) is 18.4. The highest BCUT2D eigenvalue weighted by atomic mass is 16.6. The average Bonchev–Trinajstić information content (AvgIpc) is 3.13. The maximum absolute atomic E-state index is 11.7. The van der Waals surface area contributed by atoms with Crippen LogP contribution in [0.15, 0.2) is 53.3 Å². The number of nitro groups is 1. The summed E-state index contributed by atoms with van der Waals surface area (Å²) < 4.78 is 7.42. The number of rotatable bonds is 7. The predicted octanol–water partition coefficient (Wildman–Crippen LogP) is 5.10. The Morgan fingerprint density at radius 1 is 1.09 bits per heavy atom. The zero-order chi connectivity index (χ0) is 22.7. The van der Waals surface area contributed by atoms with Crippen LogP contribution in [-0.2, 0) is 7.05 Å². The standard InChI is InChI=1S/C24H28N4O4/c1-3-4-17-11-13-27(14-12-17)23-15-20(9-10-22(23)28(30)31)32-19-7-5-18(6-8-19)21-16-24(29)26(2)25-21/h5-10,15-17,25H,3-4,11-14H2,1-2H3. The number of nitrogens with zero attached hydrogens (tertiary/aromatic N) is 3. The highest BCUT2D eigenvalue weighted by Crippen LogP contribution is 2.36. The third-order valence-electron chi connectivity index (χ3n) is 6.08. The molecule has 0 atom stereocenters. The van der Waals surface area contributed by atoms with Crippen molar-refractivity contribution in [1.29, 1.82) is 0 Å². The molecule has 1 N–H and O–H groups in total. The Balaban J connectivity index is 1.52. The molecule has 0 amide bonds. The molecule has 1 aliphatic rings. The quantitative estimate of drug-likeness (QED) is 0.411. The van der Waals surface area contributed by atoms with Crippen molar-refractivity contribution < 1.29 is 9.66 Å². The van der Waals surface area contributed by atoms with Crippen molar-refractivity contribution in [3.63, 3.8) is 0 Å².